The molecule has 2 N–H and O–H groups in total. The summed E-state index contributed by atoms with van der Waals surface area (Å²) in [6, 6.07) is 5.91. The fourth-order valence-corrected chi connectivity index (χ4v) is 2.58. The number of nitrogens with one attached hydrogen (secondary N) is 1. The first-order valence-corrected chi connectivity index (χ1v) is 6.83. The Morgan fingerprint density at radius 2 is 2.11 bits per heavy atom. The van der Waals surface area contributed by atoms with Gasteiger partial charge in [-0.3, -0.25) is 0 Å². The van der Waals surface area contributed by atoms with Crippen LogP contribution >= 0.6 is 11.3 Å². The van der Waals surface area contributed by atoms with Gasteiger partial charge in [-0.05, 0) is 35.4 Å². The summed E-state index contributed by atoms with van der Waals surface area (Å²) in [6.07, 6.45) is 0. The second kappa shape index (κ2) is 5.77. The zero-order valence-corrected chi connectivity index (χ0v) is 11.3. The number of aliphatic hydroxyl groups is 1. The molecule has 0 radical (unpaired) electrons. The molecule has 1 atom stereocenters. The van der Waals surface area contributed by atoms with Crippen molar-refractivity contribution in [3.63, 3.8) is 0 Å². The van der Waals surface area contributed by atoms with Gasteiger partial charge in [-0.25, -0.2) is 8.78 Å². The Labute approximate surface area is 114 Å². The fraction of sp³-hybridized carbons (Fsp3) is 0.286. The predicted molar refractivity (Wildman–Crippen MR) is 72.0 cm³/mol. The first-order chi connectivity index (χ1) is 9.00. The first kappa shape index (κ1) is 14.1. The smallest absolute Gasteiger partial charge is 0.163 e. The molecule has 2 rings (SSSR count). The molecular formula is C14H15F2NOS. The van der Waals surface area contributed by atoms with E-state index in [1.807, 2.05) is 16.8 Å². The molecule has 0 amide bonds. The van der Waals surface area contributed by atoms with E-state index >= 15 is 0 Å². The highest BCUT2D eigenvalue weighted by Gasteiger charge is 2.23. The summed E-state index contributed by atoms with van der Waals surface area (Å²) in [5.41, 5.74) is 0.0369. The maximum atomic E-state index is 13.4. The lowest BCUT2D eigenvalue weighted by molar-refractivity contribution is 0.0570. The zero-order valence-electron chi connectivity index (χ0n) is 10.5. The van der Waals surface area contributed by atoms with Crippen molar-refractivity contribution in [2.75, 3.05) is 6.54 Å². The molecule has 0 bridgehead atoms. The summed E-state index contributed by atoms with van der Waals surface area (Å²) in [7, 11) is 0. The maximum absolute atomic E-state index is 13.4. The van der Waals surface area contributed by atoms with Gasteiger partial charge in [0, 0.05) is 18.7 Å². The summed E-state index contributed by atoms with van der Waals surface area (Å²) in [5, 5.41) is 16.9. The van der Waals surface area contributed by atoms with Gasteiger partial charge in [-0.1, -0.05) is 12.1 Å². The van der Waals surface area contributed by atoms with Crippen molar-refractivity contribution >= 4 is 11.3 Å². The van der Waals surface area contributed by atoms with E-state index in [1.165, 1.54) is 23.5 Å². The van der Waals surface area contributed by atoms with Crippen LogP contribution in [0.25, 0.3) is 0 Å². The summed E-state index contributed by atoms with van der Waals surface area (Å²) >= 11 is 1.50. The number of halogens is 2. The van der Waals surface area contributed by atoms with Crippen LogP contribution in [0.3, 0.4) is 0 Å². The molecule has 0 aliphatic heterocycles. The lowest BCUT2D eigenvalue weighted by atomic mass is 9.99. The molecule has 2 aromatic rings. The standard InChI is InChI=1S/C14H15F2NOS/c1-14(18,11-5-6-19-8-11)9-17-7-10-3-2-4-12(15)13(10)16/h2-6,8,17-18H,7,9H2,1H3. The molecule has 1 aromatic heterocycles. The quantitative estimate of drug-likeness (QED) is 0.884. The maximum Gasteiger partial charge on any atom is 0.163 e. The highest BCUT2D eigenvalue weighted by Crippen LogP contribution is 2.22. The van der Waals surface area contributed by atoms with Crippen LogP contribution in [0.4, 0.5) is 8.78 Å². The van der Waals surface area contributed by atoms with Crippen molar-refractivity contribution in [2.45, 2.75) is 19.1 Å². The van der Waals surface area contributed by atoms with Crippen LogP contribution < -0.4 is 5.32 Å². The van der Waals surface area contributed by atoms with Crippen LogP contribution in [-0.4, -0.2) is 11.7 Å². The van der Waals surface area contributed by atoms with E-state index in [0.717, 1.165) is 11.6 Å². The second-order valence-electron chi connectivity index (χ2n) is 4.60. The van der Waals surface area contributed by atoms with Crippen molar-refractivity contribution < 1.29 is 13.9 Å². The van der Waals surface area contributed by atoms with Gasteiger partial charge in [0.15, 0.2) is 11.6 Å². The summed E-state index contributed by atoms with van der Waals surface area (Å²) in [6.45, 7) is 2.12. The van der Waals surface area contributed by atoms with Crippen molar-refractivity contribution in [1.29, 1.82) is 0 Å². The molecule has 0 saturated carbocycles. The average molecular weight is 283 g/mol. The van der Waals surface area contributed by atoms with Crippen LogP contribution in [0.2, 0.25) is 0 Å². The Morgan fingerprint density at radius 3 is 2.79 bits per heavy atom. The van der Waals surface area contributed by atoms with Gasteiger partial charge in [0.25, 0.3) is 0 Å². The lowest BCUT2D eigenvalue weighted by Gasteiger charge is -2.23. The Balaban J connectivity index is 1.95. The number of rotatable bonds is 5. The largest absolute Gasteiger partial charge is 0.384 e. The topological polar surface area (TPSA) is 32.3 Å². The predicted octanol–water partition coefficient (Wildman–Crippen LogP) is 3.02. The molecule has 0 fully saturated rings. The van der Waals surface area contributed by atoms with Crippen molar-refractivity contribution in [2.24, 2.45) is 0 Å². The third kappa shape index (κ3) is 3.37. The van der Waals surface area contributed by atoms with E-state index in [4.69, 9.17) is 0 Å². The Morgan fingerprint density at radius 1 is 1.32 bits per heavy atom. The third-order valence-electron chi connectivity index (χ3n) is 2.96. The zero-order chi connectivity index (χ0) is 13.9. The van der Waals surface area contributed by atoms with E-state index in [-0.39, 0.29) is 18.7 Å². The molecule has 1 unspecified atom stereocenters. The van der Waals surface area contributed by atoms with Crippen LogP contribution in [0, 0.1) is 11.6 Å². The SMILES string of the molecule is CC(O)(CNCc1cccc(F)c1F)c1ccsc1. The molecule has 102 valence electrons. The van der Waals surface area contributed by atoms with E-state index in [0.29, 0.717) is 0 Å². The monoisotopic (exact) mass is 283 g/mol. The van der Waals surface area contributed by atoms with Gasteiger partial charge in [0.2, 0.25) is 0 Å². The van der Waals surface area contributed by atoms with Crippen LogP contribution in [0.15, 0.2) is 35.0 Å². The van der Waals surface area contributed by atoms with Crippen LogP contribution in [0.5, 0.6) is 0 Å². The van der Waals surface area contributed by atoms with Crippen molar-refractivity contribution in [3.05, 3.63) is 57.8 Å². The van der Waals surface area contributed by atoms with Gasteiger partial charge >= 0.3 is 0 Å². The minimum atomic E-state index is -1.02. The number of hydrogen-bond donors (Lipinski definition) is 2. The minimum Gasteiger partial charge on any atom is -0.384 e. The summed E-state index contributed by atoms with van der Waals surface area (Å²) < 4.78 is 26.4. The Bertz CT molecular complexity index is 540. The molecule has 5 heteroatoms. The van der Waals surface area contributed by atoms with E-state index in [9.17, 15) is 13.9 Å². The highest BCUT2D eigenvalue weighted by molar-refractivity contribution is 7.08. The molecule has 1 heterocycles. The van der Waals surface area contributed by atoms with E-state index in [1.54, 1.807) is 6.92 Å². The molecule has 0 aliphatic rings. The van der Waals surface area contributed by atoms with Gasteiger partial charge in [0.05, 0.1) is 5.60 Å². The Hall–Kier alpha value is -1.30. The van der Waals surface area contributed by atoms with Gasteiger partial charge in [-0.15, -0.1) is 0 Å². The van der Waals surface area contributed by atoms with Crippen molar-refractivity contribution in [1.82, 2.24) is 5.32 Å². The van der Waals surface area contributed by atoms with Crippen LogP contribution in [-0.2, 0) is 12.1 Å². The second-order valence-corrected chi connectivity index (χ2v) is 5.38. The molecule has 0 aliphatic carbocycles. The molecular weight excluding hydrogens is 268 g/mol. The number of benzene rings is 1. The number of thiophene rings is 1. The normalized spacial score (nSPS) is 14.3. The average Bonchev–Trinajstić information content (AvgIpc) is 2.89. The third-order valence-corrected chi connectivity index (χ3v) is 3.64. The lowest BCUT2D eigenvalue weighted by Crippen LogP contribution is -2.34. The summed E-state index contributed by atoms with van der Waals surface area (Å²) in [5.74, 6) is -1.70. The van der Waals surface area contributed by atoms with Crippen molar-refractivity contribution in [3.8, 4) is 0 Å². The highest BCUT2D eigenvalue weighted by atomic mass is 32.1. The molecule has 0 saturated heterocycles. The number of hydrogen-bond acceptors (Lipinski definition) is 3. The fourth-order valence-electron chi connectivity index (χ4n) is 1.80. The molecule has 2 nitrogen and oxygen atoms in total. The summed E-state index contributed by atoms with van der Waals surface area (Å²) in [4.78, 5) is 0. The first-order valence-electron chi connectivity index (χ1n) is 5.89. The molecule has 1 aromatic carbocycles. The van der Waals surface area contributed by atoms with Gasteiger partial charge in [-0.2, -0.15) is 11.3 Å². The van der Waals surface area contributed by atoms with Gasteiger partial charge in [0.1, 0.15) is 0 Å². The van der Waals surface area contributed by atoms with E-state index < -0.39 is 17.2 Å². The molecule has 0 spiro atoms. The van der Waals surface area contributed by atoms with E-state index in [2.05, 4.69) is 5.32 Å². The minimum absolute atomic E-state index is 0.171. The van der Waals surface area contributed by atoms with Crippen LogP contribution in [0.1, 0.15) is 18.1 Å². The van der Waals surface area contributed by atoms with Gasteiger partial charge < -0.3 is 10.4 Å². The Kier molecular flexibility index (Phi) is 4.29. The molecule has 19 heavy (non-hydrogen) atoms.